The molecule has 0 unspecified atom stereocenters. The van der Waals surface area contributed by atoms with Crippen molar-refractivity contribution in [3.05, 3.63) is 29.8 Å². The van der Waals surface area contributed by atoms with Gasteiger partial charge in [0.25, 0.3) is 0 Å². The second kappa shape index (κ2) is 4.08. The van der Waals surface area contributed by atoms with Gasteiger partial charge in [-0.05, 0) is 18.6 Å². The number of benzene rings is 1. The lowest BCUT2D eigenvalue weighted by Gasteiger charge is -2.29. The fourth-order valence-corrected chi connectivity index (χ4v) is 2.70. The second-order valence-electron chi connectivity index (χ2n) is 4.67. The Balaban J connectivity index is 2.10. The predicted molar refractivity (Wildman–Crippen MR) is 70.7 cm³/mol. The van der Waals surface area contributed by atoms with Crippen LogP contribution >= 0.6 is 0 Å². The Labute approximate surface area is 102 Å². The van der Waals surface area contributed by atoms with Crippen LogP contribution in [0, 0.1) is 6.92 Å². The van der Waals surface area contributed by atoms with Gasteiger partial charge < -0.3 is 14.2 Å². The fourth-order valence-electron chi connectivity index (χ4n) is 2.70. The molecule has 90 valence electrons. The van der Waals surface area contributed by atoms with Crippen LogP contribution in [0.4, 0.5) is 5.82 Å². The highest BCUT2D eigenvalue weighted by Crippen LogP contribution is 2.27. The van der Waals surface area contributed by atoms with Crippen molar-refractivity contribution >= 4 is 16.7 Å². The summed E-state index contributed by atoms with van der Waals surface area (Å²) < 4.78 is 7.71. The molecule has 1 aromatic carbocycles. The van der Waals surface area contributed by atoms with Crippen molar-refractivity contribution in [3.8, 4) is 0 Å². The number of rotatable bonds is 1. The van der Waals surface area contributed by atoms with Crippen molar-refractivity contribution in [1.29, 1.82) is 0 Å². The van der Waals surface area contributed by atoms with Gasteiger partial charge in [-0.25, -0.2) is 0 Å². The molecule has 2 heterocycles. The molecule has 0 N–H and O–H groups in total. The highest BCUT2D eigenvalue weighted by Gasteiger charge is 2.16. The summed E-state index contributed by atoms with van der Waals surface area (Å²) in [5.41, 5.74) is 2.68. The molecule has 0 atom stereocenters. The Hall–Kier alpha value is -1.48. The van der Waals surface area contributed by atoms with Gasteiger partial charge >= 0.3 is 0 Å². The largest absolute Gasteiger partial charge is 0.378 e. The van der Waals surface area contributed by atoms with Crippen molar-refractivity contribution in [3.63, 3.8) is 0 Å². The molecule has 0 spiro atoms. The summed E-state index contributed by atoms with van der Waals surface area (Å²) >= 11 is 0. The highest BCUT2D eigenvalue weighted by molar-refractivity contribution is 5.87. The first kappa shape index (κ1) is 10.7. The number of hydrogen-bond donors (Lipinski definition) is 0. The molecular weight excluding hydrogens is 212 g/mol. The third-order valence-electron chi connectivity index (χ3n) is 3.57. The van der Waals surface area contributed by atoms with Gasteiger partial charge in [0.1, 0.15) is 5.82 Å². The molecule has 3 nitrogen and oxygen atoms in total. The molecule has 3 rings (SSSR count). The van der Waals surface area contributed by atoms with E-state index in [1.54, 1.807) is 0 Å². The van der Waals surface area contributed by atoms with Crippen LogP contribution in [0.2, 0.25) is 0 Å². The topological polar surface area (TPSA) is 17.4 Å². The molecule has 1 aromatic heterocycles. The van der Waals surface area contributed by atoms with Crippen LogP contribution < -0.4 is 4.90 Å². The van der Waals surface area contributed by atoms with Crippen molar-refractivity contribution in [2.75, 3.05) is 31.2 Å². The summed E-state index contributed by atoms with van der Waals surface area (Å²) in [7, 11) is 2.15. The number of aromatic nitrogens is 1. The maximum absolute atomic E-state index is 5.41. The molecule has 1 saturated heterocycles. The Morgan fingerprint density at radius 3 is 2.65 bits per heavy atom. The summed E-state index contributed by atoms with van der Waals surface area (Å²) in [4.78, 5) is 2.41. The number of anilines is 1. The zero-order chi connectivity index (χ0) is 11.8. The van der Waals surface area contributed by atoms with Gasteiger partial charge in [0.15, 0.2) is 0 Å². The van der Waals surface area contributed by atoms with E-state index in [2.05, 4.69) is 47.7 Å². The molecule has 0 bridgehead atoms. The summed E-state index contributed by atoms with van der Waals surface area (Å²) in [6.07, 6.45) is 0. The van der Waals surface area contributed by atoms with E-state index in [4.69, 9.17) is 4.74 Å². The van der Waals surface area contributed by atoms with Crippen molar-refractivity contribution in [2.24, 2.45) is 7.05 Å². The third-order valence-corrected chi connectivity index (χ3v) is 3.57. The van der Waals surface area contributed by atoms with E-state index < -0.39 is 0 Å². The molecular formula is C14H18N2O. The van der Waals surface area contributed by atoms with Crippen molar-refractivity contribution in [2.45, 2.75) is 6.92 Å². The van der Waals surface area contributed by atoms with Crippen molar-refractivity contribution < 1.29 is 4.74 Å². The van der Waals surface area contributed by atoms with Gasteiger partial charge in [-0.15, -0.1) is 0 Å². The first-order chi connectivity index (χ1) is 8.27. The highest BCUT2D eigenvalue weighted by atomic mass is 16.5. The van der Waals surface area contributed by atoms with Crippen LogP contribution in [0.15, 0.2) is 24.3 Å². The van der Waals surface area contributed by atoms with Crippen LogP contribution in [0.1, 0.15) is 5.56 Å². The van der Waals surface area contributed by atoms with Crippen LogP contribution in [-0.4, -0.2) is 30.9 Å². The minimum absolute atomic E-state index is 0.834. The number of aryl methyl sites for hydroxylation is 2. The van der Waals surface area contributed by atoms with Gasteiger partial charge in [-0.1, -0.05) is 18.2 Å². The van der Waals surface area contributed by atoms with Crippen LogP contribution in [0.3, 0.4) is 0 Å². The van der Waals surface area contributed by atoms with E-state index in [0.29, 0.717) is 0 Å². The lowest BCUT2D eigenvalue weighted by molar-refractivity contribution is 0.122. The van der Waals surface area contributed by atoms with E-state index in [0.717, 1.165) is 26.3 Å². The monoisotopic (exact) mass is 230 g/mol. The molecule has 3 heteroatoms. The number of hydrogen-bond acceptors (Lipinski definition) is 2. The number of para-hydroxylation sites is 1. The van der Waals surface area contributed by atoms with E-state index in [9.17, 15) is 0 Å². The molecule has 17 heavy (non-hydrogen) atoms. The first-order valence-corrected chi connectivity index (χ1v) is 6.15. The minimum Gasteiger partial charge on any atom is -0.378 e. The van der Waals surface area contributed by atoms with Gasteiger partial charge in [-0.3, -0.25) is 0 Å². The molecule has 0 radical (unpaired) electrons. The van der Waals surface area contributed by atoms with E-state index >= 15 is 0 Å². The number of nitrogens with zero attached hydrogens (tertiary/aromatic N) is 2. The summed E-state index contributed by atoms with van der Waals surface area (Å²) in [6, 6.07) is 8.77. The molecule has 0 aliphatic carbocycles. The summed E-state index contributed by atoms with van der Waals surface area (Å²) in [5.74, 6) is 1.30. The SMILES string of the molecule is Cc1cccc2cc(N3CCOCC3)n(C)c12. The normalized spacial score (nSPS) is 16.7. The summed E-state index contributed by atoms with van der Waals surface area (Å²) in [5, 5.41) is 1.33. The quantitative estimate of drug-likeness (QED) is 0.748. The fraction of sp³-hybridized carbons (Fsp3) is 0.429. The molecule has 0 saturated carbocycles. The smallest absolute Gasteiger partial charge is 0.109 e. The van der Waals surface area contributed by atoms with Crippen molar-refractivity contribution in [1.82, 2.24) is 4.57 Å². The Morgan fingerprint density at radius 2 is 1.94 bits per heavy atom. The molecule has 1 aliphatic rings. The zero-order valence-corrected chi connectivity index (χ0v) is 10.4. The number of fused-ring (bicyclic) bond motifs is 1. The maximum Gasteiger partial charge on any atom is 0.109 e. The van der Waals surface area contributed by atoms with Crippen LogP contribution in [-0.2, 0) is 11.8 Å². The summed E-state index contributed by atoms with van der Waals surface area (Å²) in [6.45, 7) is 5.82. The average Bonchev–Trinajstić information content (AvgIpc) is 2.69. The third kappa shape index (κ3) is 1.71. The van der Waals surface area contributed by atoms with Gasteiger partial charge in [0.2, 0.25) is 0 Å². The predicted octanol–water partition coefficient (Wildman–Crippen LogP) is 2.32. The van der Waals surface area contributed by atoms with Crippen LogP contribution in [0.25, 0.3) is 10.9 Å². The lowest BCUT2D eigenvalue weighted by Crippen LogP contribution is -2.37. The van der Waals surface area contributed by atoms with Gasteiger partial charge in [0, 0.05) is 25.5 Å². The molecule has 0 amide bonds. The Kier molecular flexibility index (Phi) is 2.56. The second-order valence-corrected chi connectivity index (χ2v) is 4.67. The van der Waals surface area contributed by atoms with Gasteiger partial charge in [-0.2, -0.15) is 0 Å². The van der Waals surface area contributed by atoms with E-state index in [-0.39, 0.29) is 0 Å². The van der Waals surface area contributed by atoms with E-state index in [1.165, 1.54) is 22.3 Å². The van der Waals surface area contributed by atoms with E-state index in [1.807, 2.05) is 0 Å². The Bertz CT molecular complexity index is 538. The minimum atomic E-state index is 0.834. The van der Waals surface area contributed by atoms with Crippen LogP contribution in [0.5, 0.6) is 0 Å². The maximum atomic E-state index is 5.41. The zero-order valence-electron chi connectivity index (χ0n) is 10.4. The number of morpholine rings is 1. The molecule has 1 aliphatic heterocycles. The van der Waals surface area contributed by atoms with Gasteiger partial charge in [0.05, 0.1) is 18.7 Å². The number of ether oxygens (including phenoxy) is 1. The standard InChI is InChI=1S/C14H18N2O/c1-11-4-3-5-12-10-13(15(2)14(11)12)16-6-8-17-9-7-16/h3-5,10H,6-9H2,1-2H3. The average molecular weight is 230 g/mol. The first-order valence-electron chi connectivity index (χ1n) is 6.15. The molecule has 1 fully saturated rings. The lowest BCUT2D eigenvalue weighted by atomic mass is 10.2. The molecule has 2 aromatic rings. The Morgan fingerprint density at radius 1 is 1.18 bits per heavy atom.